The van der Waals surface area contributed by atoms with Gasteiger partial charge >= 0.3 is 0 Å². The Morgan fingerprint density at radius 2 is 2.14 bits per heavy atom. The van der Waals surface area contributed by atoms with Crippen LogP contribution >= 0.6 is 0 Å². The summed E-state index contributed by atoms with van der Waals surface area (Å²) in [6, 6.07) is 7.14. The molecule has 1 aromatic rings. The molecule has 0 radical (unpaired) electrons. The van der Waals surface area contributed by atoms with E-state index in [1.807, 2.05) is 0 Å². The Balaban J connectivity index is 1.59. The van der Waals surface area contributed by atoms with Crippen molar-refractivity contribution in [1.29, 1.82) is 0 Å². The molecule has 1 aromatic carbocycles. The molecule has 2 nitrogen and oxygen atoms in total. The number of benzene rings is 1. The molecule has 1 unspecified atom stereocenters. The first-order valence-electron chi connectivity index (χ1n) is 9.17. The molecule has 1 atom stereocenters. The molecule has 0 spiro atoms. The van der Waals surface area contributed by atoms with E-state index in [1.165, 1.54) is 44.1 Å². The number of aryl methyl sites for hydroxylation is 2. The largest absolute Gasteiger partial charge is 0.356 e. The number of carbonyl (C=O) groups is 1. The van der Waals surface area contributed by atoms with Gasteiger partial charge in [0.2, 0.25) is 5.91 Å². The molecule has 0 aromatic heterocycles. The van der Waals surface area contributed by atoms with Gasteiger partial charge in [-0.1, -0.05) is 31.5 Å². The van der Waals surface area contributed by atoms with Crippen LogP contribution in [0.25, 0.3) is 0 Å². The maximum absolute atomic E-state index is 11.8. The molecule has 2 aliphatic rings. The lowest BCUT2D eigenvalue weighted by molar-refractivity contribution is -0.122. The second-order valence-corrected chi connectivity index (χ2v) is 7.08. The fourth-order valence-electron chi connectivity index (χ4n) is 3.64. The molecule has 3 rings (SSSR count). The van der Waals surface area contributed by atoms with E-state index in [1.54, 1.807) is 11.1 Å². The second kappa shape index (κ2) is 7.30. The minimum absolute atomic E-state index is 0.285. The van der Waals surface area contributed by atoms with E-state index in [0.29, 0.717) is 11.8 Å². The van der Waals surface area contributed by atoms with Crippen LogP contribution in [0.1, 0.15) is 74.5 Å². The Bertz CT molecular complexity index is 518. The fraction of sp³-hybridized carbons (Fsp3) is 0.650. The molecular weight excluding hydrogens is 270 g/mol. The van der Waals surface area contributed by atoms with Crippen LogP contribution in [0.5, 0.6) is 0 Å². The smallest absolute Gasteiger partial charge is 0.223 e. The highest BCUT2D eigenvalue weighted by atomic mass is 16.2. The minimum atomic E-state index is 0.285. The van der Waals surface area contributed by atoms with Crippen LogP contribution in [0.2, 0.25) is 0 Å². The summed E-state index contributed by atoms with van der Waals surface area (Å²) in [5.41, 5.74) is 4.61. The van der Waals surface area contributed by atoms with Crippen LogP contribution in [0.4, 0.5) is 0 Å². The summed E-state index contributed by atoms with van der Waals surface area (Å²) in [6.07, 6.45) is 10.8. The van der Waals surface area contributed by atoms with Crippen molar-refractivity contribution in [1.82, 2.24) is 5.32 Å². The van der Waals surface area contributed by atoms with Crippen molar-refractivity contribution in [2.45, 2.75) is 70.6 Å². The van der Waals surface area contributed by atoms with Crippen molar-refractivity contribution in [3.63, 3.8) is 0 Å². The Morgan fingerprint density at radius 1 is 1.27 bits per heavy atom. The third kappa shape index (κ3) is 3.91. The molecule has 22 heavy (non-hydrogen) atoms. The van der Waals surface area contributed by atoms with Gasteiger partial charge in [0.05, 0.1) is 0 Å². The summed E-state index contributed by atoms with van der Waals surface area (Å²) in [7, 11) is 0. The number of amides is 1. The molecule has 2 aliphatic carbocycles. The molecule has 2 heteroatoms. The number of carbonyl (C=O) groups excluding carboxylic acids is 1. The number of nitrogens with one attached hydrogen (secondary N) is 1. The predicted octanol–water partition coefficient (Wildman–Crippen LogP) is 4.37. The standard InChI is InChI=1S/C20H29NO/c1-2-3-5-15-8-9-16-6-4-7-17(19(16)14-15)12-13-21-20(22)18-10-11-18/h8-9,14,17-18H,2-7,10-13H2,1H3,(H,21,22). The van der Waals surface area contributed by atoms with Crippen molar-refractivity contribution in [3.8, 4) is 0 Å². The van der Waals surface area contributed by atoms with Gasteiger partial charge in [0, 0.05) is 12.5 Å². The average molecular weight is 299 g/mol. The number of hydrogen-bond donors (Lipinski definition) is 1. The van der Waals surface area contributed by atoms with Crippen molar-refractivity contribution in [2.24, 2.45) is 5.92 Å². The predicted molar refractivity (Wildman–Crippen MR) is 91.1 cm³/mol. The zero-order valence-corrected chi connectivity index (χ0v) is 13.9. The van der Waals surface area contributed by atoms with Gasteiger partial charge in [-0.25, -0.2) is 0 Å². The lowest BCUT2D eigenvalue weighted by atomic mass is 9.80. The van der Waals surface area contributed by atoms with Crippen molar-refractivity contribution >= 4 is 5.91 Å². The highest BCUT2D eigenvalue weighted by molar-refractivity contribution is 5.80. The second-order valence-electron chi connectivity index (χ2n) is 7.08. The summed E-state index contributed by atoms with van der Waals surface area (Å²) in [4.78, 5) is 11.8. The summed E-state index contributed by atoms with van der Waals surface area (Å²) in [5.74, 6) is 1.26. The van der Waals surface area contributed by atoms with Crippen LogP contribution in [-0.2, 0) is 17.6 Å². The quantitative estimate of drug-likeness (QED) is 0.796. The van der Waals surface area contributed by atoms with Crippen LogP contribution in [0, 0.1) is 5.92 Å². The maximum Gasteiger partial charge on any atom is 0.223 e. The third-order valence-corrected chi connectivity index (χ3v) is 5.21. The third-order valence-electron chi connectivity index (χ3n) is 5.21. The zero-order valence-electron chi connectivity index (χ0n) is 13.9. The Kier molecular flexibility index (Phi) is 5.17. The minimum Gasteiger partial charge on any atom is -0.356 e. The summed E-state index contributed by atoms with van der Waals surface area (Å²) >= 11 is 0. The highest BCUT2D eigenvalue weighted by Gasteiger charge is 2.29. The van der Waals surface area contributed by atoms with Gasteiger partial charge < -0.3 is 5.32 Å². The first-order chi connectivity index (χ1) is 10.8. The SMILES string of the molecule is CCCCc1ccc2c(c1)C(CCNC(=O)C1CC1)CCC2. The molecule has 1 N–H and O–H groups in total. The summed E-state index contributed by atoms with van der Waals surface area (Å²) < 4.78 is 0. The van der Waals surface area contributed by atoms with Crippen LogP contribution in [0.15, 0.2) is 18.2 Å². The van der Waals surface area contributed by atoms with Gasteiger partial charge in [-0.2, -0.15) is 0 Å². The van der Waals surface area contributed by atoms with E-state index in [0.717, 1.165) is 25.8 Å². The van der Waals surface area contributed by atoms with E-state index >= 15 is 0 Å². The van der Waals surface area contributed by atoms with E-state index in [4.69, 9.17) is 0 Å². The van der Waals surface area contributed by atoms with Gasteiger partial charge in [0.25, 0.3) is 0 Å². The van der Waals surface area contributed by atoms with Crippen molar-refractivity contribution in [3.05, 3.63) is 34.9 Å². The molecule has 1 fully saturated rings. The van der Waals surface area contributed by atoms with Gasteiger partial charge in [-0.15, -0.1) is 0 Å². The fourth-order valence-corrected chi connectivity index (χ4v) is 3.64. The summed E-state index contributed by atoms with van der Waals surface area (Å²) in [6.45, 7) is 3.10. The number of unbranched alkanes of at least 4 members (excludes halogenated alkanes) is 1. The lowest BCUT2D eigenvalue weighted by Gasteiger charge is -2.26. The average Bonchev–Trinajstić information content (AvgIpc) is 3.38. The topological polar surface area (TPSA) is 29.1 Å². The van der Waals surface area contributed by atoms with Gasteiger partial charge in [-0.3, -0.25) is 4.79 Å². The van der Waals surface area contributed by atoms with Crippen molar-refractivity contribution < 1.29 is 4.79 Å². The van der Waals surface area contributed by atoms with E-state index in [9.17, 15) is 4.79 Å². The first kappa shape index (κ1) is 15.6. The van der Waals surface area contributed by atoms with Crippen LogP contribution in [-0.4, -0.2) is 12.5 Å². The van der Waals surface area contributed by atoms with Crippen LogP contribution < -0.4 is 5.32 Å². The molecule has 1 saturated carbocycles. The van der Waals surface area contributed by atoms with Gasteiger partial charge in [0.15, 0.2) is 0 Å². The Hall–Kier alpha value is -1.31. The van der Waals surface area contributed by atoms with Gasteiger partial charge in [0.1, 0.15) is 0 Å². The zero-order chi connectivity index (χ0) is 15.4. The number of fused-ring (bicyclic) bond motifs is 1. The normalized spacial score (nSPS) is 20.5. The van der Waals surface area contributed by atoms with Gasteiger partial charge in [-0.05, 0) is 74.0 Å². The Labute approximate surface area is 134 Å². The molecule has 1 amide bonds. The highest BCUT2D eigenvalue weighted by Crippen LogP contribution is 2.35. The molecule has 0 aliphatic heterocycles. The summed E-state index contributed by atoms with van der Waals surface area (Å²) in [5, 5.41) is 3.13. The molecular formula is C20H29NO. The van der Waals surface area contributed by atoms with E-state index in [2.05, 4.69) is 30.4 Å². The van der Waals surface area contributed by atoms with E-state index in [-0.39, 0.29) is 5.91 Å². The van der Waals surface area contributed by atoms with Crippen molar-refractivity contribution in [2.75, 3.05) is 6.54 Å². The van der Waals surface area contributed by atoms with E-state index < -0.39 is 0 Å². The maximum atomic E-state index is 11.8. The molecule has 0 heterocycles. The molecule has 0 saturated heterocycles. The molecule has 120 valence electrons. The lowest BCUT2D eigenvalue weighted by Crippen LogP contribution is -2.27. The first-order valence-corrected chi connectivity index (χ1v) is 9.17. The number of hydrogen-bond acceptors (Lipinski definition) is 1. The number of rotatable bonds is 7. The Morgan fingerprint density at radius 3 is 2.91 bits per heavy atom. The molecule has 0 bridgehead atoms. The monoisotopic (exact) mass is 299 g/mol. The van der Waals surface area contributed by atoms with Crippen LogP contribution in [0.3, 0.4) is 0 Å².